The summed E-state index contributed by atoms with van der Waals surface area (Å²) in [6.07, 6.45) is 0.506. The molecule has 2 atom stereocenters. The van der Waals surface area contributed by atoms with E-state index in [-0.39, 0.29) is 29.8 Å². The zero-order valence-corrected chi connectivity index (χ0v) is 18.5. The molecule has 0 aliphatic carbocycles. The topological polar surface area (TPSA) is 135 Å². The summed E-state index contributed by atoms with van der Waals surface area (Å²) in [5.74, 6) is 0.592. The fourth-order valence-electron chi connectivity index (χ4n) is 4.90. The maximum absolute atomic E-state index is 13.5. The van der Waals surface area contributed by atoms with Crippen molar-refractivity contribution in [2.75, 3.05) is 24.7 Å². The highest BCUT2D eigenvalue weighted by Crippen LogP contribution is 2.55. The molecule has 3 heterocycles. The molecule has 2 aromatic carbocycles. The van der Waals surface area contributed by atoms with Gasteiger partial charge in [-0.25, -0.2) is 4.98 Å². The average Bonchev–Trinajstić information content (AvgIpc) is 3.38. The summed E-state index contributed by atoms with van der Waals surface area (Å²) in [5.41, 5.74) is 7.72. The van der Waals surface area contributed by atoms with E-state index in [2.05, 4.69) is 10.3 Å². The first-order valence-electron chi connectivity index (χ1n) is 10.6. The summed E-state index contributed by atoms with van der Waals surface area (Å²) in [4.78, 5) is 41.3. The Bertz CT molecular complexity index is 1250. The number of ether oxygens (including phenoxy) is 1. The monoisotopic (exact) mass is 460 g/mol. The van der Waals surface area contributed by atoms with Crippen molar-refractivity contribution in [3.8, 4) is 5.75 Å². The molecule has 4 N–H and O–H groups in total. The van der Waals surface area contributed by atoms with Gasteiger partial charge in [-0.15, -0.1) is 0 Å². The number of carboxylic acid groups (broad SMARTS) is 1. The predicted molar refractivity (Wildman–Crippen MR) is 125 cm³/mol. The Hall–Kier alpha value is -4.40. The lowest BCUT2D eigenvalue weighted by Crippen LogP contribution is -2.42. The van der Waals surface area contributed by atoms with E-state index in [4.69, 9.17) is 20.4 Å². The van der Waals surface area contributed by atoms with E-state index >= 15 is 0 Å². The fourth-order valence-corrected chi connectivity index (χ4v) is 4.90. The van der Waals surface area contributed by atoms with E-state index in [0.717, 1.165) is 16.8 Å². The number of para-hydroxylation sites is 1. The number of carbonyl (C=O) groups excluding carboxylic acids is 2. The Morgan fingerprint density at radius 1 is 1.21 bits per heavy atom. The average molecular weight is 460 g/mol. The number of nitrogens with zero attached hydrogens (tertiary/aromatic N) is 2. The van der Waals surface area contributed by atoms with Gasteiger partial charge in [-0.1, -0.05) is 36.4 Å². The molecule has 1 saturated heterocycles. The van der Waals surface area contributed by atoms with Crippen LogP contribution in [0.1, 0.15) is 34.1 Å². The Morgan fingerprint density at radius 3 is 2.68 bits per heavy atom. The Labute approximate surface area is 196 Å². The number of amides is 2. The number of hydrogen-bond acceptors (Lipinski definition) is 6. The molecule has 34 heavy (non-hydrogen) atoms. The molecule has 9 heteroatoms. The van der Waals surface area contributed by atoms with Crippen LogP contribution >= 0.6 is 0 Å². The van der Waals surface area contributed by atoms with Crippen molar-refractivity contribution in [1.82, 2.24) is 9.88 Å². The number of anilines is 2. The Kier molecular flexibility index (Phi) is 6.18. The number of methoxy groups -OCH3 is 1. The standard InChI is InChI=1S/C24H22N4O3.CH2O2/c1-31-16-7-4-6-15(14-16)21-24(17-8-2-3-9-18(17)27-23(24)30)12-13-28(21)22(29)19-10-5-11-20(25)26-19;2-1-3/h2-11,14,21H,12-13H2,1H3,(H2,25,26)(H,27,30);1H,(H,2,3). The highest BCUT2D eigenvalue weighted by Gasteiger charge is 2.59. The third-order valence-corrected chi connectivity index (χ3v) is 6.25. The van der Waals surface area contributed by atoms with Crippen molar-refractivity contribution in [2.45, 2.75) is 17.9 Å². The van der Waals surface area contributed by atoms with Gasteiger partial charge in [-0.3, -0.25) is 14.4 Å². The summed E-state index contributed by atoms with van der Waals surface area (Å²) >= 11 is 0. The van der Waals surface area contributed by atoms with Gasteiger partial charge in [0.2, 0.25) is 5.91 Å². The van der Waals surface area contributed by atoms with Crippen molar-refractivity contribution in [2.24, 2.45) is 0 Å². The summed E-state index contributed by atoms with van der Waals surface area (Å²) in [6, 6.07) is 19.7. The van der Waals surface area contributed by atoms with Gasteiger partial charge in [-0.2, -0.15) is 0 Å². The molecule has 2 amide bonds. The lowest BCUT2D eigenvalue weighted by molar-refractivity contribution is -0.123. The summed E-state index contributed by atoms with van der Waals surface area (Å²) < 4.78 is 5.43. The van der Waals surface area contributed by atoms with E-state index in [1.165, 1.54) is 0 Å². The van der Waals surface area contributed by atoms with Gasteiger partial charge in [0, 0.05) is 12.2 Å². The van der Waals surface area contributed by atoms with E-state index in [0.29, 0.717) is 18.7 Å². The van der Waals surface area contributed by atoms with Crippen LogP contribution in [0.5, 0.6) is 5.75 Å². The van der Waals surface area contributed by atoms with Crippen LogP contribution in [0.2, 0.25) is 0 Å². The minimum Gasteiger partial charge on any atom is -0.497 e. The third kappa shape index (κ3) is 3.71. The van der Waals surface area contributed by atoms with Crippen LogP contribution in [0.15, 0.2) is 66.7 Å². The van der Waals surface area contributed by atoms with Crippen molar-refractivity contribution >= 4 is 29.8 Å². The van der Waals surface area contributed by atoms with Gasteiger partial charge >= 0.3 is 0 Å². The number of rotatable bonds is 3. The maximum Gasteiger partial charge on any atom is 0.290 e. The minimum atomic E-state index is -0.890. The number of likely N-dealkylation sites (tertiary alicyclic amines) is 1. The first-order chi connectivity index (χ1) is 16.5. The Morgan fingerprint density at radius 2 is 1.94 bits per heavy atom. The van der Waals surface area contributed by atoms with Crippen molar-refractivity contribution in [1.29, 1.82) is 0 Å². The molecule has 2 aliphatic heterocycles. The van der Waals surface area contributed by atoms with Crippen molar-refractivity contribution < 1.29 is 24.2 Å². The van der Waals surface area contributed by atoms with E-state index in [1.807, 2.05) is 48.5 Å². The number of aromatic nitrogens is 1. The maximum atomic E-state index is 13.5. The highest BCUT2D eigenvalue weighted by molar-refractivity contribution is 6.08. The first kappa shape index (κ1) is 22.8. The lowest BCUT2D eigenvalue weighted by Gasteiger charge is -2.34. The van der Waals surface area contributed by atoms with Gasteiger partial charge in [0.1, 0.15) is 22.7 Å². The molecular weight excluding hydrogens is 436 g/mol. The van der Waals surface area contributed by atoms with Gasteiger partial charge in [0.25, 0.3) is 12.4 Å². The molecule has 0 bridgehead atoms. The van der Waals surface area contributed by atoms with E-state index < -0.39 is 11.5 Å². The van der Waals surface area contributed by atoms with Crippen molar-refractivity contribution in [3.05, 3.63) is 83.6 Å². The molecule has 3 aromatic rings. The highest BCUT2D eigenvalue weighted by atomic mass is 16.5. The molecule has 5 rings (SSSR count). The second-order valence-electron chi connectivity index (χ2n) is 7.95. The van der Waals surface area contributed by atoms with E-state index in [9.17, 15) is 9.59 Å². The van der Waals surface area contributed by atoms with Crippen LogP contribution in [0.4, 0.5) is 11.5 Å². The number of nitrogens with one attached hydrogen (secondary N) is 1. The molecule has 2 aliphatic rings. The molecule has 1 spiro atoms. The lowest BCUT2D eigenvalue weighted by atomic mass is 9.72. The van der Waals surface area contributed by atoms with Gasteiger partial charge < -0.3 is 25.8 Å². The van der Waals surface area contributed by atoms with Crippen LogP contribution in [0, 0.1) is 0 Å². The van der Waals surface area contributed by atoms with E-state index in [1.54, 1.807) is 30.2 Å². The zero-order chi connectivity index (χ0) is 24.3. The molecule has 0 radical (unpaired) electrons. The predicted octanol–water partition coefficient (Wildman–Crippen LogP) is 2.85. The van der Waals surface area contributed by atoms with Gasteiger partial charge in [0.15, 0.2) is 0 Å². The molecule has 0 saturated carbocycles. The molecule has 174 valence electrons. The minimum absolute atomic E-state index is 0.0997. The number of fused-ring (bicyclic) bond motifs is 2. The second-order valence-corrected chi connectivity index (χ2v) is 7.95. The summed E-state index contributed by atoms with van der Waals surface area (Å²) in [5, 5.41) is 9.91. The fraction of sp³-hybridized carbons (Fsp3) is 0.200. The summed E-state index contributed by atoms with van der Waals surface area (Å²) in [7, 11) is 1.60. The second kappa shape index (κ2) is 9.22. The number of hydrogen-bond donors (Lipinski definition) is 3. The largest absolute Gasteiger partial charge is 0.497 e. The normalized spacial score (nSPS) is 20.2. The number of carbonyl (C=O) groups is 3. The molecule has 2 unspecified atom stereocenters. The quantitative estimate of drug-likeness (QED) is 0.512. The number of benzene rings is 2. The van der Waals surface area contributed by atoms with Gasteiger partial charge in [0.05, 0.1) is 13.2 Å². The first-order valence-corrected chi connectivity index (χ1v) is 10.6. The number of nitrogen functional groups attached to an aromatic ring is 1. The molecular formula is C25H24N4O5. The molecule has 1 fully saturated rings. The SMILES string of the molecule is COc1cccc(C2N(C(=O)c3cccc(N)n3)CCC23C(=O)Nc2ccccc23)c1.O=CO. The van der Waals surface area contributed by atoms with Crippen LogP contribution in [-0.4, -0.2) is 46.9 Å². The van der Waals surface area contributed by atoms with Gasteiger partial charge in [-0.05, 0) is 47.9 Å². The third-order valence-electron chi connectivity index (χ3n) is 6.25. The molecule has 1 aromatic heterocycles. The zero-order valence-electron chi connectivity index (χ0n) is 18.5. The Balaban J connectivity index is 0.000000868. The van der Waals surface area contributed by atoms with Crippen molar-refractivity contribution in [3.63, 3.8) is 0 Å². The van der Waals surface area contributed by atoms with Crippen LogP contribution in [0.3, 0.4) is 0 Å². The smallest absolute Gasteiger partial charge is 0.290 e. The van der Waals surface area contributed by atoms with Crippen LogP contribution in [-0.2, 0) is 15.0 Å². The number of nitrogens with two attached hydrogens (primary N) is 1. The number of pyridine rings is 1. The summed E-state index contributed by atoms with van der Waals surface area (Å²) in [6.45, 7) is 0.166. The molecule has 9 nitrogen and oxygen atoms in total. The van der Waals surface area contributed by atoms with Crippen LogP contribution < -0.4 is 15.8 Å². The van der Waals surface area contributed by atoms with Crippen LogP contribution in [0.25, 0.3) is 0 Å².